The molecule has 5 nitrogen and oxygen atoms in total. The van der Waals surface area contributed by atoms with Crippen LogP contribution in [0.1, 0.15) is 56.7 Å². The Hall–Kier alpha value is -2.53. The standard InChI is InChI=1S/C24H30ClN3O2/c1-3-17(2)28(24(30)26-20-13-11-19(25)12-14-20)16-15-23(29)27-22-10-6-8-18-7-4-5-9-21(18)22/h4-5,7,9,11-14,17,22H,3,6,8,10,15-16H2,1-2H3,(H,26,30)(H,27,29)/t17-,22-/m1/s1. The monoisotopic (exact) mass is 427 g/mol. The molecule has 2 N–H and O–H groups in total. The Morgan fingerprint density at radius 3 is 2.63 bits per heavy atom. The van der Waals surface area contributed by atoms with E-state index in [-0.39, 0.29) is 30.4 Å². The Morgan fingerprint density at radius 1 is 1.17 bits per heavy atom. The van der Waals surface area contributed by atoms with Crippen molar-refractivity contribution in [2.75, 3.05) is 11.9 Å². The van der Waals surface area contributed by atoms with Crippen molar-refractivity contribution in [3.05, 3.63) is 64.7 Å². The number of hydrogen-bond donors (Lipinski definition) is 2. The molecule has 1 aliphatic rings. The molecule has 160 valence electrons. The minimum Gasteiger partial charge on any atom is -0.349 e. The molecule has 3 amide bonds. The van der Waals surface area contributed by atoms with Crippen LogP contribution >= 0.6 is 11.6 Å². The number of urea groups is 1. The summed E-state index contributed by atoms with van der Waals surface area (Å²) < 4.78 is 0. The van der Waals surface area contributed by atoms with Crippen LogP contribution in [0.2, 0.25) is 5.02 Å². The zero-order valence-corrected chi connectivity index (χ0v) is 18.4. The molecule has 0 heterocycles. The number of hydrogen-bond acceptors (Lipinski definition) is 2. The second-order valence-corrected chi connectivity index (χ2v) is 8.29. The molecule has 3 rings (SSSR count). The smallest absolute Gasteiger partial charge is 0.322 e. The Kier molecular flexibility index (Phi) is 7.75. The van der Waals surface area contributed by atoms with Gasteiger partial charge < -0.3 is 15.5 Å². The third-order valence-corrected chi connectivity index (χ3v) is 6.02. The molecular weight excluding hydrogens is 398 g/mol. The molecule has 0 fully saturated rings. The summed E-state index contributed by atoms with van der Waals surface area (Å²) in [5, 5.41) is 6.69. The molecule has 6 heteroatoms. The van der Waals surface area contributed by atoms with E-state index in [9.17, 15) is 9.59 Å². The average molecular weight is 428 g/mol. The molecule has 2 atom stereocenters. The van der Waals surface area contributed by atoms with Gasteiger partial charge in [-0.15, -0.1) is 0 Å². The van der Waals surface area contributed by atoms with Gasteiger partial charge in [0.15, 0.2) is 0 Å². The second kappa shape index (κ2) is 10.5. The number of carbonyl (C=O) groups is 2. The number of nitrogens with zero attached hydrogens (tertiary/aromatic N) is 1. The number of halogens is 1. The number of carbonyl (C=O) groups excluding carboxylic acids is 2. The van der Waals surface area contributed by atoms with Crippen LogP contribution in [0.25, 0.3) is 0 Å². The molecule has 2 aromatic rings. The summed E-state index contributed by atoms with van der Waals surface area (Å²) in [4.78, 5) is 27.2. The molecule has 1 aliphatic carbocycles. The van der Waals surface area contributed by atoms with Gasteiger partial charge in [0, 0.05) is 29.7 Å². The van der Waals surface area contributed by atoms with E-state index in [1.54, 1.807) is 29.2 Å². The number of anilines is 1. The first-order valence-corrected chi connectivity index (χ1v) is 11.1. The normalized spacial score (nSPS) is 16.3. The van der Waals surface area contributed by atoms with E-state index in [1.165, 1.54) is 11.1 Å². The van der Waals surface area contributed by atoms with Crippen molar-refractivity contribution in [1.82, 2.24) is 10.2 Å². The van der Waals surface area contributed by atoms with Gasteiger partial charge in [-0.05, 0) is 68.0 Å². The van der Waals surface area contributed by atoms with Crippen molar-refractivity contribution < 1.29 is 9.59 Å². The number of rotatable bonds is 7. The molecule has 2 aromatic carbocycles. The molecule has 0 saturated carbocycles. The molecule has 0 aromatic heterocycles. The van der Waals surface area contributed by atoms with Crippen molar-refractivity contribution >= 4 is 29.2 Å². The van der Waals surface area contributed by atoms with Gasteiger partial charge >= 0.3 is 6.03 Å². The molecule has 0 bridgehead atoms. The van der Waals surface area contributed by atoms with Gasteiger partial charge in [0.25, 0.3) is 0 Å². The van der Waals surface area contributed by atoms with Gasteiger partial charge in [-0.25, -0.2) is 4.79 Å². The highest BCUT2D eigenvalue weighted by molar-refractivity contribution is 6.30. The van der Waals surface area contributed by atoms with Gasteiger partial charge in [0.1, 0.15) is 0 Å². The fourth-order valence-electron chi connectivity index (χ4n) is 3.86. The largest absolute Gasteiger partial charge is 0.349 e. The molecule has 0 saturated heterocycles. The quantitative estimate of drug-likeness (QED) is 0.607. The first kappa shape index (κ1) is 22.2. The number of nitrogens with one attached hydrogen (secondary N) is 2. The molecule has 0 radical (unpaired) electrons. The van der Waals surface area contributed by atoms with E-state index in [1.807, 2.05) is 26.0 Å². The van der Waals surface area contributed by atoms with Crippen LogP contribution in [-0.2, 0) is 11.2 Å². The highest BCUT2D eigenvalue weighted by Crippen LogP contribution is 2.29. The maximum absolute atomic E-state index is 12.8. The lowest BCUT2D eigenvalue weighted by atomic mass is 9.87. The summed E-state index contributed by atoms with van der Waals surface area (Å²) in [6.07, 6.45) is 4.18. The maximum Gasteiger partial charge on any atom is 0.322 e. The van der Waals surface area contributed by atoms with Crippen LogP contribution < -0.4 is 10.6 Å². The zero-order chi connectivity index (χ0) is 21.5. The van der Waals surface area contributed by atoms with Gasteiger partial charge in [0.05, 0.1) is 6.04 Å². The van der Waals surface area contributed by atoms with E-state index < -0.39 is 0 Å². The van der Waals surface area contributed by atoms with E-state index >= 15 is 0 Å². The minimum atomic E-state index is -0.206. The minimum absolute atomic E-state index is 0.0238. The fourth-order valence-corrected chi connectivity index (χ4v) is 3.99. The Bertz CT molecular complexity index is 869. The van der Waals surface area contributed by atoms with Crippen molar-refractivity contribution in [2.24, 2.45) is 0 Å². The predicted octanol–water partition coefficient (Wildman–Crippen LogP) is 5.56. The predicted molar refractivity (Wildman–Crippen MR) is 122 cm³/mol. The topological polar surface area (TPSA) is 61.4 Å². The third-order valence-electron chi connectivity index (χ3n) is 5.76. The summed E-state index contributed by atoms with van der Waals surface area (Å²) in [6.45, 7) is 4.40. The van der Waals surface area contributed by atoms with E-state index in [2.05, 4.69) is 22.8 Å². The molecule has 30 heavy (non-hydrogen) atoms. The van der Waals surface area contributed by atoms with E-state index in [0.717, 1.165) is 25.7 Å². The van der Waals surface area contributed by atoms with Crippen LogP contribution in [0.15, 0.2) is 48.5 Å². The molecular formula is C24H30ClN3O2. The van der Waals surface area contributed by atoms with Crippen molar-refractivity contribution in [3.63, 3.8) is 0 Å². The molecule has 0 aliphatic heterocycles. The van der Waals surface area contributed by atoms with Crippen molar-refractivity contribution in [1.29, 1.82) is 0 Å². The van der Waals surface area contributed by atoms with Crippen LogP contribution in [0.4, 0.5) is 10.5 Å². The summed E-state index contributed by atoms with van der Waals surface area (Å²) in [5.41, 5.74) is 3.22. The lowest BCUT2D eigenvalue weighted by molar-refractivity contribution is -0.122. The van der Waals surface area contributed by atoms with Crippen LogP contribution in [0.5, 0.6) is 0 Å². The van der Waals surface area contributed by atoms with Crippen LogP contribution in [0, 0.1) is 0 Å². The van der Waals surface area contributed by atoms with Gasteiger partial charge in [0.2, 0.25) is 5.91 Å². The first-order valence-electron chi connectivity index (χ1n) is 10.7. The number of fused-ring (bicyclic) bond motifs is 1. The van der Waals surface area contributed by atoms with Crippen molar-refractivity contribution in [3.8, 4) is 0 Å². The van der Waals surface area contributed by atoms with Crippen LogP contribution in [-0.4, -0.2) is 29.4 Å². The van der Waals surface area contributed by atoms with E-state index in [0.29, 0.717) is 17.3 Å². The first-order chi connectivity index (χ1) is 14.5. The number of benzene rings is 2. The maximum atomic E-state index is 12.8. The average Bonchev–Trinajstić information content (AvgIpc) is 2.75. The summed E-state index contributed by atoms with van der Waals surface area (Å²) in [7, 11) is 0. The van der Waals surface area contributed by atoms with Gasteiger partial charge in [-0.2, -0.15) is 0 Å². The highest BCUT2D eigenvalue weighted by atomic mass is 35.5. The highest BCUT2D eigenvalue weighted by Gasteiger charge is 2.23. The SMILES string of the molecule is CC[C@@H](C)N(CCC(=O)N[C@@H]1CCCc2ccccc21)C(=O)Nc1ccc(Cl)cc1. The fraction of sp³-hybridized carbons (Fsp3) is 0.417. The Balaban J connectivity index is 1.58. The third kappa shape index (κ3) is 5.76. The second-order valence-electron chi connectivity index (χ2n) is 7.85. The Labute approximate surface area is 183 Å². The number of aryl methyl sites for hydroxylation is 1. The van der Waals surface area contributed by atoms with E-state index in [4.69, 9.17) is 11.6 Å². The number of amides is 3. The van der Waals surface area contributed by atoms with Gasteiger partial charge in [-0.3, -0.25) is 4.79 Å². The zero-order valence-electron chi connectivity index (χ0n) is 17.7. The lowest BCUT2D eigenvalue weighted by Gasteiger charge is -2.30. The lowest BCUT2D eigenvalue weighted by Crippen LogP contribution is -2.43. The summed E-state index contributed by atoms with van der Waals surface area (Å²) in [5.74, 6) is -0.0238. The Morgan fingerprint density at radius 2 is 1.90 bits per heavy atom. The van der Waals surface area contributed by atoms with Crippen LogP contribution in [0.3, 0.4) is 0 Å². The molecule has 0 spiro atoms. The summed E-state index contributed by atoms with van der Waals surface area (Å²) in [6, 6.07) is 15.2. The summed E-state index contributed by atoms with van der Waals surface area (Å²) >= 11 is 5.91. The molecule has 0 unspecified atom stereocenters. The van der Waals surface area contributed by atoms with Crippen molar-refractivity contribution in [2.45, 2.75) is 58.0 Å². The van der Waals surface area contributed by atoms with Gasteiger partial charge in [-0.1, -0.05) is 42.8 Å².